The van der Waals surface area contributed by atoms with Gasteiger partial charge < -0.3 is 45.1 Å². The van der Waals surface area contributed by atoms with Crippen LogP contribution < -0.4 is 5.32 Å². The Morgan fingerprint density at radius 1 is 0.462 bits per heavy atom. The molecule has 0 aromatic carbocycles. The normalized spacial score (nSPS) is 18.8. The minimum absolute atomic E-state index is 0.00180. The lowest BCUT2D eigenvalue weighted by Gasteiger charge is -2.40. The first-order chi connectivity index (χ1) is 38.2. The van der Waals surface area contributed by atoms with Crippen LogP contribution in [0.5, 0.6) is 0 Å². The Morgan fingerprint density at radius 3 is 1.28 bits per heavy atom. The fourth-order valence-electron chi connectivity index (χ4n) is 10.2. The van der Waals surface area contributed by atoms with Crippen LogP contribution in [-0.4, -0.2) is 100 Å². The van der Waals surface area contributed by atoms with Crippen molar-refractivity contribution in [1.82, 2.24) is 5.32 Å². The number of ether oxygens (including phenoxy) is 3. The molecule has 0 aromatic rings. The molecule has 0 saturated carbocycles. The lowest BCUT2D eigenvalue weighted by molar-refractivity contribution is -0.302. The summed E-state index contributed by atoms with van der Waals surface area (Å²) in [7, 11) is 0. The van der Waals surface area contributed by atoms with Crippen molar-refractivity contribution in [1.29, 1.82) is 0 Å². The average Bonchev–Trinajstić information content (AvgIpc) is 3.45. The Hall–Kier alpha value is -2.38. The molecule has 0 bridgehead atoms. The van der Waals surface area contributed by atoms with E-state index in [-0.39, 0.29) is 18.5 Å². The van der Waals surface area contributed by atoms with Crippen LogP contribution >= 0.6 is 0 Å². The number of aliphatic hydroxyl groups is 5. The monoisotopic (exact) mass is 1100 g/mol. The summed E-state index contributed by atoms with van der Waals surface area (Å²) in [6.45, 7) is 4.31. The third kappa shape index (κ3) is 45.3. The van der Waals surface area contributed by atoms with Gasteiger partial charge in [-0.15, -0.1) is 0 Å². The highest BCUT2D eigenvalue weighted by Crippen LogP contribution is 2.23. The van der Waals surface area contributed by atoms with Gasteiger partial charge in [0.15, 0.2) is 6.29 Å². The third-order valence-corrected chi connectivity index (χ3v) is 15.4. The van der Waals surface area contributed by atoms with Gasteiger partial charge in [0.2, 0.25) is 5.91 Å². The molecule has 11 nitrogen and oxygen atoms in total. The number of allylic oxidation sites excluding steroid dienone is 7. The van der Waals surface area contributed by atoms with E-state index < -0.39 is 49.5 Å². The fourth-order valence-corrected chi connectivity index (χ4v) is 10.2. The van der Waals surface area contributed by atoms with Gasteiger partial charge in [0, 0.05) is 12.8 Å². The summed E-state index contributed by atoms with van der Waals surface area (Å²) in [4.78, 5) is 25.1. The third-order valence-electron chi connectivity index (χ3n) is 15.4. The molecule has 1 amide bonds. The molecule has 1 fully saturated rings. The van der Waals surface area contributed by atoms with Gasteiger partial charge in [-0.25, -0.2) is 0 Å². The number of hydrogen-bond acceptors (Lipinski definition) is 10. The first kappa shape index (κ1) is 73.6. The lowest BCUT2D eigenvalue weighted by Crippen LogP contribution is -2.60. The molecular weight excluding hydrogens is 979 g/mol. The highest BCUT2D eigenvalue weighted by atomic mass is 16.7. The van der Waals surface area contributed by atoms with Gasteiger partial charge in [-0.05, 0) is 83.5 Å². The number of unbranched alkanes of at least 4 members (excludes halogenated alkanes) is 37. The van der Waals surface area contributed by atoms with E-state index in [1.165, 1.54) is 199 Å². The molecule has 0 aliphatic carbocycles. The van der Waals surface area contributed by atoms with E-state index in [0.29, 0.717) is 19.4 Å². The zero-order chi connectivity index (χ0) is 56.6. The van der Waals surface area contributed by atoms with Gasteiger partial charge in [-0.1, -0.05) is 255 Å². The second-order valence-corrected chi connectivity index (χ2v) is 22.8. The van der Waals surface area contributed by atoms with Gasteiger partial charge in [0.05, 0.1) is 32.0 Å². The quantitative estimate of drug-likeness (QED) is 0.0195. The molecule has 0 radical (unpaired) electrons. The van der Waals surface area contributed by atoms with Crippen molar-refractivity contribution in [3.63, 3.8) is 0 Å². The predicted molar refractivity (Wildman–Crippen MR) is 324 cm³/mol. The van der Waals surface area contributed by atoms with Crippen molar-refractivity contribution in [3.05, 3.63) is 48.6 Å². The number of aliphatic hydroxyl groups excluding tert-OH is 5. The van der Waals surface area contributed by atoms with Gasteiger partial charge in [0.1, 0.15) is 24.4 Å². The summed E-state index contributed by atoms with van der Waals surface area (Å²) in [5, 5.41) is 54.4. The van der Waals surface area contributed by atoms with Crippen LogP contribution in [0.3, 0.4) is 0 Å². The van der Waals surface area contributed by atoms with Crippen LogP contribution in [0.25, 0.3) is 0 Å². The molecule has 1 heterocycles. The molecule has 6 N–H and O–H groups in total. The maximum Gasteiger partial charge on any atom is 0.305 e. The van der Waals surface area contributed by atoms with Crippen LogP contribution in [0, 0.1) is 0 Å². The Morgan fingerprint density at radius 2 is 0.833 bits per heavy atom. The Labute approximate surface area is 478 Å². The number of esters is 1. The largest absolute Gasteiger partial charge is 0.466 e. The summed E-state index contributed by atoms with van der Waals surface area (Å²) in [6.07, 6.45) is 62.2. The molecule has 0 aromatic heterocycles. The van der Waals surface area contributed by atoms with Crippen LogP contribution in [0.15, 0.2) is 48.6 Å². The second kappa shape index (κ2) is 56.5. The van der Waals surface area contributed by atoms with Crippen molar-refractivity contribution in [2.45, 2.75) is 346 Å². The minimum atomic E-state index is -1.58. The molecular formula is C67H123NO10. The standard InChI is InChI=1S/C67H123NO10/c1-3-5-7-9-11-13-15-16-30-34-37-41-45-49-53-60(70)59(58-77-67-66(75)65(74)64(73)61(57-69)78-67)68-62(71)54-50-46-42-38-35-31-28-26-24-22-20-18-17-19-21-23-25-27-29-32-36-40-44-48-52-56-76-63(72)55-51-47-43-39-33-14-12-10-8-6-4-2/h13,15,18,20,34,37,49,53,59-61,64-67,69-70,73-75H,3-12,14,16-17,19,21-33,35-36,38-48,50-52,54-58H2,1-2H3,(H,68,71)/b15-13+,20-18-,37-34+,53-49+. The van der Waals surface area contributed by atoms with E-state index >= 15 is 0 Å². The Balaban J connectivity index is 2.05. The zero-order valence-corrected chi connectivity index (χ0v) is 50.4. The smallest absolute Gasteiger partial charge is 0.305 e. The number of nitrogens with one attached hydrogen (secondary N) is 1. The van der Waals surface area contributed by atoms with Crippen molar-refractivity contribution >= 4 is 11.9 Å². The molecule has 0 spiro atoms. The number of carbonyl (C=O) groups is 2. The number of carbonyl (C=O) groups excluding carboxylic acids is 2. The Kier molecular flexibility index (Phi) is 53.3. The molecule has 1 aliphatic rings. The minimum Gasteiger partial charge on any atom is -0.466 e. The van der Waals surface area contributed by atoms with E-state index in [1.807, 2.05) is 6.08 Å². The first-order valence-electron chi connectivity index (χ1n) is 32.9. The highest BCUT2D eigenvalue weighted by Gasteiger charge is 2.44. The van der Waals surface area contributed by atoms with Crippen molar-refractivity contribution in [2.75, 3.05) is 19.8 Å². The van der Waals surface area contributed by atoms with E-state index in [1.54, 1.807) is 6.08 Å². The molecule has 7 unspecified atom stereocenters. The summed E-state index contributed by atoms with van der Waals surface area (Å²) < 4.78 is 16.7. The second-order valence-electron chi connectivity index (χ2n) is 22.8. The zero-order valence-electron chi connectivity index (χ0n) is 50.4. The van der Waals surface area contributed by atoms with E-state index in [4.69, 9.17) is 14.2 Å². The van der Waals surface area contributed by atoms with E-state index in [9.17, 15) is 35.1 Å². The van der Waals surface area contributed by atoms with Crippen molar-refractivity contribution in [3.8, 4) is 0 Å². The van der Waals surface area contributed by atoms with E-state index in [0.717, 1.165) is 77.0 Å². The number of rotatable bonds is 57. The number of hydrogen-bond donors (Lipinski definition) is 6. The number of amides is 1. The molecule has 1 saturated heterocycles. The maximum absolute atomic E-state index is 13.1. The van der Waals surface area contributed by atoms with Crippen LogP contribution in [0.2, 0.25) is 0 Å². The predicted octanol–water partition coefficient (Wildman–Crippen LogP) is 16.0. The molecule has 11 heteroatoms. The summed E-state index contributed by atoms with van der Waals surface area (Å²) in [5.41, 5.74) is 0. The maximum atomic E-state index is 13.1. The molecule has 1 aliphatic heterocycles. The van der Waals surface area contributed by atoms with E-state index in [2.05, 4.69) is 55.6 Å². The topological polar surface area (TPSA) is 175 Å². The lowest BCUT2D eigenvalue weighted by atomic mass is 9.99. The molecule has 78 heavy (non-hydrogen) atoms. The van der Waals surface area contributed by atoms with Crippen LogP contribution in [-0.2, 0) is 23.8 Å². The summed E-state index contributed by atoms with van der Waals surface area (Å²) in [6, 6.07) is -0.838. The molecule has 456 valence electrons. The summed E-state index contributed by atoms with van der Waals surface area (Å²) >= 11 is 0. The van der Waals surface area contributed by atoms with Gasteiger partial charge in [-0.2, -0.15) is 0 Å². The van der Waals surface area contributed by atoms with Gasteiger partial charge >= 0.3 is 5.97 Å². The van der Waals surface area contributed by atoms with Gasteiger partial charge in [-0.3, -0.25) is 9.59 Å². The van der Waals surface area contributed by atoms with Crippen LogP contribution in [0.1, 0.15) is 303 Å². The summed E-state index contributed by atoms with van der Waals surface area (Å²) in [5.74, 6) is -0.198. The highest BCUT2D eigenvalue weighted by molar-refractivity contribution is 5.76. The first-order valence-corrected chi connectivity index (χ1v) is 32.9. The fraction of sp³-hybridized carbons (Fsp3) is 0.851. The van der Waals surface area contributed by atoms with Gasteiger partial charge in [0.25, 0.3) is 0 Å². The van der Waals surface area contributed by atoms with Crippen molar-refractivity contribution in [2.24, 2.45) is 0 Å². The van der Waals surface area contributed by atoms with Crippen LogP contribution in [0.4, 0.5) is 0 Å². The molecule has 7 atom stereocenters. The van der Waals surface area contributed by atoms with Crippen molar-refractivity contribution < 1.29 is 49.3 Å². The molecule has 1 rings (SSSR count). The SMILES string of the molecule is CCCCCC/C=C/CC/C=C/CC/C=C/C(O)C(COC1OC(CO)C(O)C(O)C1O)NC(=O)CCCCCCCCCCC/C=C\CCCCCCCCCCCCCCOC(=O)CCCCCCCCCCCCC. The average molecular weight is 1100 g/mol. The Bertz CT molecular complexity index is 1430.